The zero-order valence-electron chi connectivity index (χ0n) is 14.0. The van der Waals surface area contributed by atoms with E-state index in [1.807, 2.05) is 13.0 Å². The molecule has 0 spiro atoms. The smallest absolute Gasteiger partial charge is 0.252 e. The van der Waals surface area contributed by atoms with Gasteiger partial charge in [0.05, 0.1) is 0 Å². The average molecular weight is 311 g/mol. The van der Waals surface area contributed by atoms with Gasteiger partial charge in [0.15, 0.2) is 0 Å². The first kappa shape index (κ1) is 14.9. The van der Waals surface area contributed by atoms with Gasteiger partial charge >= 0.3 is 0 Å². The fourth-order valence-electron chi connectivity index (χ4n) is 3.73. The van der Waals surface area contributed by atoms with Gasteiger partial charge in [-0.05, 0) is 49.8 Å². The molecule has 2 aliphatic rings. The van der Waals surface area contributed by atoms with E-state index < -0.39 is 0 Å². The van der Waals surface area contributed by atoms with Crippen molar-refractivity contribution in [3.05, 3.63) is 45.7 Å². The van der Waals surface area contributed by atoms with Crippen molar-refractivity contribution in [2.75, 3.05) is 19.6 Å². The molecule has 1 aromatic carbocycles. The molecule has 23 heavy (non-hydrogen) atoms. The molecule has 4 nitrogen and oxygen atoms in total. The Kier molecular flexibility index (Phi) is 3.74. The van der Waals surface area contributed by atoms with Gasteiger partial charge < -0.3 is 4.98 Å². The van der Waals surface area contributed by atoms with Gasteiger partial charge in [0.2, 0.25) is 0 Å². The van der Waals surface area contributed by atoms with Crippen LogP contribution in [0.2, 0.25) is 0 Å². The molecule has 1 aromatic heterocycles. The molecule has 122 valence electrons. The molecule has 1 N–H and O–H groups in total. The number of rotatable bonds is 3. The predicted octanol–water partition coefficient (Wildman–Crippen LogP) is 2.51. The first-order chi connectivity index (χ1) is 11.1. The first-order valence-corrected chi connectivity index (χ1v) is 8.71. The summed E-state index contributed by atoms with van der Waals surface area (Å²) in [6.07, 6.45) is 2.74. The summed E-state index contributed by atoms with van der Waals surface area (Å²) in [7, 11) is 0. The van der Waals surface area contributed by atoms with Crippen LogP contribution < -0.4 is 5.56 Å². The lowest BCUT2D eigenvalue weighted by Gasteiger charge is -2.40. The standard InChI is InChI=1S/C19H25N3O/c1-13-3-4-15-10-16(19(23)20-18(15)9-13)12-21-7-8-22(11-14(21)2)17-5-6-17/h3-4,9-10,14,17H,5-8,11-12H2,1-2H3,(H,20,23). The van der Waals surface area contributed by atoms with E-state index in [0.29, 0.717) is 6.04 Å². The van der Waals surface area contributed by atoms with Crippen molar-refractivity contribution in [2.45, 2.75) is 45.3 Å². The summed E-state index contributed by atoms with van der Waals surface area (Å²) in [4.78, 5) is 20.5. The maximum atomic E-state index is 12.4. The Morgan fingerprint density at radius 3 is 2.78 bits per heavy atom. The van der Waals surface area contributed by atoms with E-state index >= 15 is 0 Å². The van der Waals surface area contributed by atoms with Gasteiger partial charge in [0.1, 0.15) is 0 Å². The minimum Gasteiger partial charge on any atom is -0.322 e. The van der Waals surface area contributed by atoms with E-state index in [0.717, 1.165) is 48.7 Å². The van der Waals surface area contributed by atoms with Gasteiger partial charge in [0.25, 0.3) is 5.56 Å². The first-order valence-electron chi connectivity index (χ1n) is 8.71. The maximum absolute atomic E-state index is 12.4. The molecule has 1 aliphatic carbocycles. The Bertz CT molecular complexity index is 778. The molecule has 0 radical (unpaired) electrons. The molecule has 4 rings (SSSR count). The number of pyridine rings is 1. The number of hydrogen-bond acceptors (Lipinski definition) is 3. The predicted molar refractivity (Wildman–Crippen MR) is 93.8 cm³/mol. The molecule has 0 amide bonds. The lowest BCUT2D eigenvalue weighted by molar-refractivity contribution is 0.0727. The van der Waals surface area contributed by atoms with Crippen molar-refractivity contribution in [3.63, 3.8) is 0 Å². The molecule has 1 unspecified atom stereocenters. The Morgan fingerprint density at radius 2 is 2.04 bits per heavy atom. The van der Waals surface area contributed by atoms with Crippen molar-refractivity contribution < 1.29 is 0 Å². The highest BCUT2D eigenvalue weighted by Gasteiger charge is 2.34. The summed E-state index contributed by atoms with van der Waals surface area (Å²) < 4.78 is 0. The van der Waals surface area contributed by atoms with Crippen molar-refractivity contribution in [1.29, 1.82) is 0 Å². The van der Waals surface area contributed by atoms with Gasteiger partial charge in [-0.2, -0.15) is 0 Å². The molecule has 4 heteroatoms. The van der Waals surface area contributed by atoms with Crippen molar-refractivity contribution in [3.8, 4) is 0 Å². The number of aryl methyl sites for hydroxylation is 1. The van der Waals surface area contributed by atoms with Crippen LogP contribution in [0.25, 0.3) is 10.9 Å². The molecule has 2 fully saturated rings. The second kappa shape index (κ2) is 5.77. The Balaban J connectivity index is 1.54. The monoisotopic (exact) mass is 311 g/mol. The van der Waals surface area contributed by atoms with Gasteiger partial charge in [-0.15, -0.1) is 0 Å². The number of benzene rings is 1. The molecule has 1 saturated heterocycles. The van der Waals surface area contributed by atoms with Crippen LogP contribution in [0, 0.1) is 6.92 Å². The summed E-state index contributed by atoms with van der Waals surface area (Å²) >= 11 is 0. The summed E-state index contributed by atoms with van der Waals surface area (Å²) in [5.74, 6) is 0. The van der Waals surface area contributed by atoms with E-state index in [9.17, 15) is 4.79 Å². The third-order valence-electron chi connectivity index (χ3n) is 5.31. The number of nitrogens with zero attached hydrogens (tertiary/aromatic N) is 2. The third kappa shape index (κ3) is 3.06. The van der Waals surface area contributed by atoms with Crippen LogP contribution in [0.1, 0.15) is 30.9 Å². The average Bonchev–Trinajstić information content (AvgIpc) is 3.35. The summed E-state index contributed by atoms with van der Waals surface area (Å²) in [5, 5.41) is 1.12. The normalized spacial score (nSPS) is 23.5. The lowest BCUT2D eigenvalue weighted by Crippen LogP contribution is -2.52. The van der Waals surface area contributed by atoms with Crippen molar-refractivity contribution >= 4 is 10.9 Å². The topological polar surface area (TPSA) is 39.3 Å². The summed E-state index contributed by atoms with van der Waals surface area (Å²) in [6, 6.07) is 9.65. The number of H-pyrrole nitrogens is 1. The van der Waals surface area contributed by atoms with Gasteiger partial charge in [0, 0.05) is 49.3 Å². The van der Waals surface area contributed by atoms with Crippen LogP contribution in [-0.4, -0.2) is 46.5 Å². The van der Waals surface area contributed by atoms with E-state index in [4.69, 9.17) is 0 Å². The van der Waals surface area contributed by atoms with Crippen molar-refractivity contribution in [2.24, 2.45) is 0 Å². The maximum Gasteiger partial charge on any atom is 0.252 e. The number of hydrogen-bond donors (Lipinski definition) is 1. The molecule has 2 aromatic rings. The molecule has 1 saturated carbocycles. The van der Waals surface area contributed by atoms with Crippen molar-refractivity contribution in [1.82, 2.24) is 14.8 Å². The van der Waals surface area contributed by atoms with Crippen LogP contribution in [0.3, 0.4) is 0 Å². The molecule has 1 aliphatic heterocycles. The van der Waals surface area contributed by atoms with Crippen LogP contribution in [-0.2, 0) is 6.54 Å². The quantitative estimate of drug-likeness (QED) is 0.947. The van der Waals surface area contributed by atoms with Gasteiger partial charge in [-0.1, -0.05) is 12.1 Å². The Hall–Kier alpha value is -1.65. The number of piperazine rings is 1. The highest BCUT2D eigenvalue weighted by molar-refractivity contribution is 5.79. The van der Waals surface area contributed by atoms with Crippen LogP contribution in [0.4, 0.5) is 0 Å². The highest BCUT2D eigenvalue weighted by atomic mass is 16.1. The SMILES string of the molecule is Cc1ccc2cc(CN3CCN(C4CC4)CC3C)c(=O)[nH]c2c1. The zero-order valence-corrected chi connectivity index (χ0v) is 14.0. The van der Waals surface area contributed by atoms with E-state index in [1.54, 1.807) is 0 Å². The molecule has 2 heterocycles. The fourth-order valence-corrected chi connectivity index (χ4v) is 3.73. The lowest BCUT2D eigenvalue weighted by atomic mass is 10.1. The van der Waals surface area contributed by atoms with Crippen LogP contribution >= 0.6 is 0 Å². The second-order valence-corrected chi connectivity index (χ2v) is 7.26. The van der Waals surface area contributed by atoms with E-state index in [-0.39, 0.29) is 5.56 Å². The minimum absolute atomic E-state index is 0.0555. The molecular formula is C19H25N3O. The number of aromatic amines is 1. The molecule has 1 atom stereocenters. The van der Waals surface area contributed by atoms with Gasteiger partial charge in [-0.25, -0.2) is 0 Å². The van der Waals surface area contributed by atoms with E-state index in [2.05, 4.69) is 39.9 Å². The molecule has 0 bridgehead atoms. The zero-order chi connectivity index (χ0) is 16.0. The van der Waals surface area contributed by atoms with Crippen LogP contribution in [0.5, 0.6) is 0 Å². The minimum atomic E-state index is 0.0555. The number of fused-ring (bicyclic) bond motifs is 1. The Labute approximate surface area is 137 Å². The third-order valence-corrected chi connectivity index (χ3v) is 5.31. The number of nitrogens with one attached hydrogen (secondary N) is 1. The molecular weight excluding hydrogens is 286 g/mol. The summed E-state index contributed by atoms with van der Waals surface area (Å²) in [6.45, 7) is 8.41. The largest absolute Gasteiger partial charge is 0.322 e. The van der Waals surface area contributed by atoms with Gasteiger partial charge in [-0.3, -0.25) is 14.6 Å². The van der Waals surface area contributed by atoms with E-state index in [1.165, 1.54) is 18.4 Å². The Morgan fingerprint density at radius 1 is 1.22 bits per heavy atom. The van der Waals surface area contributed by atoms with Crippen LogP contribution in [0.15, 0.2) is 29.1 Å². The number of aromatic nitrogens is 1. The fraction of sp³-hybridized carbons (Fsp3) is 0.526. The highest BCUT2D eigenvalue weighted by Crippen LogP contribution is 2.29. The second-order valence-electron chi connectivity index (χ2n) is 7.26. The summed E-state index contributed by atoms with van der Waals surface area (Å²) in [5.41, 5.74) is 3.05.